The van der Waals surface area contributed by atoms with E-state index in [1.165, 1.54) is 0 Å². The summed E-state index contributed by atoms with van der Waals surface area (Å²) in [5.74, 6) is 0. The van der Waals surface area contributed by atoms with Crippen LogP contribution in [-0.4, -0.2) is 10.2 Å². The zero-order chi connectivity index (χ0) is 9.10. The van der Waals surface area contributed by atoms with Crippen LogP contribution < -0.4 is 0 Å². The first-order valence-corrected chi connectivity index (χ1v) is 4.97. The Bertz CT molecular complexity index is 386. The van der Waals surface area contributed by atoms with E-state index in [2.05, 4.69) is 10.2 Å². The predicted octanol–water partition coefficient (Wildman–Crippen LogP) is 3.21. The van der Waals surface area contributed by atoms with Crippen molar-refractivity contribution in [2.45, 2.75) is 9.92 Å². The number of nitrogens with zero attached hydrogens (tertiary/aromatic N) is 1. The van der Waals surface area contributed by atoms with Crippen LogP contribution in [0.4, 0.5) is 0 Å². The highest BCUT2D eigenvalue weighted by Crippen LogP contribution is 2.27. The predicted molar refractivity (Wildman–Crippen MR) is 54.2 cm³/mol. The number of benzene rings is 1. The molecule has 2 rings (SSSR count). The fourth-order valence-electron chi connectivity index (χ4n) is 0.955. The maximum atomic E-state index is 5.84. The molecule has 2 aromatic rings. The highest BCUT2D eigenvalue weighted by Gasteiger charge is 1.98. The number of hydrogen-bond acceptors (Lipinski definition) is 2. The van der Waals surface area contributed by atoms with Gasteiger partial charge in [-0.3, -0.25) is 5.10 Å². The summed E-state index contributed by atoms with van der Waals surface area (Å²) in [5.41, 5.74) is 0. The summed E-state index contributed by atoms with van der Waals surface area (Å²) in [6.45, 7) is 0. The van der Waals surface area contributed by atoms with Gasteiger partial charge in [-0.05, 0) is 24.3 Å². The van der Waals surface area contributed by atoms with Gasteiger partial charge in [-0.15, -0.1) is 0 Å². The average Bonchev–Trinajstić information content (AvgIpc) is 2.57. The van der Waals surface area contributed by atoms with E-state index in [1.807, 2.05) is 30.3 Å². The Labute approximate surface area is 85.3 Å². The van der Waals surface area contributed by atoms with Crippen molar-refractivity contribution in [3.05, 3.63) is 41.6 Å². The third-order valence-corrected chi connectivity index (χ3v) is 2.65. The molecule has 13 heavy (non-hydrogen) atoms. The molecule has 0 unspecified atom stereocenters. The lowest BCUT2D eigenvalue weighted by atomic mass is 10.4. The van der Waals surface area contributed by atoms with Gasteiger partial charge in [0.15, 0.2) is 0 Å². The highest BCUT2D eigenvalue weighted by molar-refractivity contribution is 7.99. The number of aromatic nitrogens is 2. The van der Waals surface area contributed by atoms with Crippen LogP contribution in [0.1, 0.15) is 0 Å². The Balaban J connectivity index is 2.19. The smallest absolute Gasteiger partial charge is 0.123 e. The van der Waals surface area contributed by atoms with Crippen LogP contribution in [0.15, 0.2) is 46.5 Å². The molecule has 0 fully saturated rings. The quantitative estimate of drug-likeness (QED) is 0.825. The monoisotopic (exact) mass is 210 g/mol. The molecular formula is C9H7ClN2S. The summed E-state index contributed by atoms with van der Waals surface area (Å²) in [7, 11) is 0. The molecule has 0 aliphatic rings. The fourth-order valence-corrected chi connectivity index (χ4v) is 2.02. The topological polar surface area (TPSA) is 28.7 Å². The second-order valence-electron chi connectivity index (χ2n) is 2.47. The van der Waals surface area contributed by atoms with Crippen molar-refractivity contribution in [1.29, 1.82) is 0 Å². The maximum absolute atomic E-state index is 5.84. The van der Waals surface area contributed by atoms with Gasteiger partial charge in [0.25, 0.3) is 0 Å². The van der Waals surface area contributed by atoms with Crippen molar-refractivity contribution in [3.8, 4) is 0 Å². The first-order valence-electron chi connectivity index (χ1n) is 3.78. The van der Waals surface area contributed by atoms with Crippen molar-refractivity contribution >= 4 is 23.4 Å². The molecule has 0 aliphatic heterocycles. The summed E-state index contributed by atoms with van der Waals surface area (Å²) in [5, 5.41) is 8.49. The number of aromatic amines is 1. The molecule has 4 heteroatoms. The van der Waals surface area contributed by atoms with E-state index in [4.69, 9.17) is 11.6 Å². The molecule has 1 aromatic heterocycles. The van der Waals surface area contributed by atoms with Gasteiger partial charge in [-0.25, -0.2) is 0 Å². The zero-order valence-corrected chi connectivity index (χ0v) is 8.27. The minimum atomic E-state index is 0.750. The lowest BCUT2D eigenvalue weighted by molar-refractivity contribution is 1.00. The van der Waals surface area contributed by atoms with Gasteiger partial charge in [0.2, 0.25) is 0 Å². The van der Waals surface area contributed by atoms with Gasteiger partial charge < -0.3 is 0 Å². The molecule has 66 valence electrons. The van der Waals surface area contributed by atoms with Crippen LogP contribution in [0.3, 0.4) is 0 Å². The van der Waals surface area contributed by atoms with E-state index in [9.17, 15) is 0 Å². The van der Waals surface area contributed by atoms with Gasteiger partial charge in [0, 0.05) is 16.1 Å². The molecule has 0 saturated heterocycles. The number of rotatable bonds is 2. The first kappa shape index (κ1) is 8.66. The first-order chi connectivity index (χ1) is 6.34. The zero-order valence-electron chi connectivity index (χ0n) is 6.70. The molecule has 1 aromatic carbocycles. The Morgan fingerprint density at radius 3 is 2.92 bits per heavy atom. The van der Waals surface area contributed by atoms with Crippen LogP contribution in [0.5, 0.6) is 0 Å². The van der Waals surface area contributed by atoms with Crippen molar-refractivity contribution in [3.63, 3.8) is 0 Å². The highest BCUT2D eigenvalue weighted by atomic mass is 35.5. The summed E-state index contributed by atoms with van der Waals surface area (Å²) in [4.78, 5) is 1.10. The third-order valence-electron chi connectivity index (χ3n) is 1.49. The molecule has 0 amide bonds. The van der Waals surface area contributed by atoms with Gasteiger partial charge in [-0.2, -0.15) is 5.10 Å². The van der Waals surface area contributed by atoms with Crippen molar-refractivity contribution in [2.24, 2.45) is 0 Å². The summed E-state index contributed by atoms with van der Waals surface area (Å²) >= 11 is 7.43. The second-order valence-corrected chi connectivity index (χ2v) is 4.00. The van der Waals surface area contributed by atoms with E-state index in [1.54, 1.807) is 18.0 Å². The maximum Gasteiger partial charge on any atom is 0.123 e. The van der Waals surface area contributed by atoms with E-state index in [0.717, 1.165) is 14.9 Å². The largest absolute Gasteiger partial charge is 0.285 e. The SMILES string of the molecule is Clc1cccc(Sc2cc[nH]n2)c1. The Hall–Kier alpha value is -0.930. The van der Waals surface area contributed by atoms with Crippen molar-refractivity contribution in [1.82, 2.24) is 10.2 Å². The van der Waals surface area contributed by atoms with Crippen LogP contribution in [-0.2, 0) is 0 Å². The standard InChI is InChI=1S/C9H7ClN2S/c10-7-2-1-3-8(6-7)13-9-4-5-11-12-9/h1-6H,(H,11,12). The Morgan fingerprint density at radius 1 is 1.31 bits per heavy atom. The molecule has 2 nitrogen and oxygen atoms in total. The van der Waals surface area contributed by atoms with Crippen molar-refractivity contribution in [2.75, 3.05) is 0 Å². The molecule has 0 saturated carbocycles. The molecule has 0 spiro atoms. The van der Waals surface area contributed by atoms with Crippen LogP contribution in [0, 0.1) is 0 Å². The molecule has 0 bridgehead atoms. The fraction of sp³-hybridized carbons (Fsp3) is 0. The summed E-state index contributed by atoms with van der Waals surface area (Å²) in [6, 6.07) is 9.63. The number of H-pyrrole nitrogens is 1. The lowest BCUT2D eigenvalue weighted by Crippen LogP contribution is -1.73. The molecule has 0 radical (unpaired) electrons. The van der Waals surface area contributed by atoms with Gasteiger partial charge >= 0.3 is 0 Å². The van der Waals surface area contributed by atoms with Crippen LogP contribution in [0.2, 0.25) is 5.02 Å². The lowest BCUT2D eigenvalue weighted by Gasteiger charge is -1.97. The summed E-state index contributed by atoms with van der Waals surface area (Å²) in [6.07, 6.45) is 1.80. The van der Waals surface area contributed by atoms with Gasteiger partial charge in [-0.1, -0.05) is 29.4 Å². The van der Waals surface area contributed by atoms with E-state index < -0.39 is 0 Å². The normalized spacial score (nSPS) is 10.2. The Morgan fingerprint density at radius 2 is 2.23 bits per heavy atom. The van der Waals surface area contributed by atoms with Gasteiger partial charge in [0.1, 0.15) is 5.03 Å². The van der Waals surface area contributed by atoms with E-state index in [-0.39, 0.29) is 0 Å². The molecular weight excluding hydrogens is 204 g/mol. The number of hydrogen-bond donors (Lipinski definition) is 1. The van der Waals surface area contributed by atoms with Gasteiger partial charge in [0.05, 0.1) is 0 Å². The van der Waals surface area contributed by atoms with Crippen LogP contribution >= 0.6 is 23.4 Å². The minimum absolute atomic E-state index is 0.750. The third kappa shape index (κ3) is 2.26. The molecule has 0 aliphatic carbocycles. The second kappa shape index (κ2) is 3.85. The number of halogens is 1. The number of nitrogens with one attached hydrogen (secondary N) is 1. The van der Waals surface area contributed by atoms with E-state index in [0.29, 0.717) is 0 Å². The minimum Gasteiger partial charge on any atom is -0.285 e. The average molecular weight is 211 g/mol. The molecule has 0 atom stereocenters. The molecule has 1 N–H and O–H groups in total. The summed E-state index contributed by atoms with van der Waals surface area (Å²) < 4.78 is 0. The Kier molecular flexibility index (Phi) is 2.57. The van der Waals surface area contributed by atoms with E-state index >= 15 is 0 Å². The molecule has 1 heterocycles. The van der Waals surface area contributed by atoms with Crippen molar-refractivity contribution < 1.29 is 0 Å². The van der Waals surface area contributed by atoms with Crippen LogP contribution in [0.25, 0.3) is 0 Å².